The molecule has 23 heavy (non-hydrogen) atoms. The fourth-order valence-electron chi connectivity index (χ4n) is 2.32. The van der Waals surface area contributed by atoms with Gasteiger partial charge in [0, 0.05) is 43.9 Å². The van der Waals surface area contributed by atoms with E-state index in [-0.39, 0.29) is 5.69 Å². The number of likely N-dealkylation sites (N-methyl/N-ethyl adjacent to an activating group) is 1. The number of piperazine rings is 1. The van der Waals surface area contributed by atoms with Gasteiger partial charge in [-0.25, -0.2) is 10.4 Å². The maximum Gasteiger partial charge on any atom is 0.269 e. The lowest BCUT2D eigenvalue weighted by atomic mass is 10.2. The van der Waals surface area contributed by atoms with E-state index in [0.717, 1.165) is 26.2 Å². The van der Waals surface area contributed by atoms with Gasteiger partial charge >= 0.3 is 0 Å². The maximum absolute atomic E-state index is 10.6. The highest BCUT2D eigenvalue weighted by Gasteiger charge is 2.15. The zero-order valence-corrected chi connectivity index (χ0v) is 12.8. The molecule has 0 aliphatic carbocycles. The lowest BCUT2D eigenvalue weighted by Gasteiger charge is -2.32. The lowest BCUT2D eigenvalue weighted by molar-refractivity contribution is -0.384. The standard InChI is InChI=1S/C14H18N6O3/c1-18-6-8-19(9-7-18)15-10-13-16-14(17-23-13)11-2-4-12(5-3-11)20(21)22/h2-5,15H,6-10H2,1H3. The number of nitrogens with zero attached hydrogens (tertiary/aromatic N) is 5. The van der Waals surface area contributed by atoms with Crippen LogP contribution < -0.4 is 5.43 Å². The van der Waals surface area contributed by atoms with E-state index in [1.807, 2.05) is 0 Å². The number of hydrazine groups is 1. The first-order valence-corrected chi connectivity index (χ1v) is 7.36. The lowest BCUT2D eigenvalue weighted by Crippen LogP contribution is -2.50. The topological polar surface area (TPSA) is 101 Å². The molecule has 0 unspecified atom stereocenters. The fourth-order valence-corrected chi connectivity index (χ4v) is 2.32. The molecule has 0 atom stereocenters. The normalized spacial score (nSPS) is 16.6. The van der Waals surface area contributed by atoms with E-state index in [1.165, 1.54) is 12.1 Å². The molecule has 0 saturated carbocycles. The van der Waals surface area contributed by atoms with Gasteiger partial charge in [0.05, 0.1) is 11.5 Å². The Balaban J connectivity index is 1.58. The van der Waals surface area contributed by atoms with Crippen LogP contribution in [0.15, 0.2) is 28.8 Å². The minimum atomic E-state index is -0.439. The molecule has 1 aliphatic heterocycles. The molecule has 0 amide bonds. The largest absolute Gasteiger partial charge is 0.337 e. The third-order valence-electron chi connectivity index (χ3n) is 3.76. The number of nitro benzene ring substituents is 1. The summed E-state index contributed by atoms with van der Waals surface area (Å²) in [4.78, 5) is 16.8. The number of aromatic nitrogens is 2. The van der Waals surface area contributed by atoms with E-state index >= 15 is 0 Å². The molecule has 9 nitrogen and oxygen atoms in total. The summed E-state index contributed by atoms with van der Waals surface area (Å²) in [5.41, 5.74) is 3.99. The van der Waals surface area contributed by atoms with Crippen molar-refractivity contribution < 1.29 is 9.45 Å². The van der Waals surface area contributed by atoms with Crippen molar-refractivity contribution >= 4 is 5.69 Å². The number of nitro groups is 1. The molecule has 1 fully saturated rings. The van der Waals surface area contributed by atoms with Crippen LogP contribution in [-0.4, -0.2) is 58.2 Å². The molecule has 122 valence electrons. The fraction of sp³-hybridized carbons (Fsp3) is 0.429. The Morgan fingerprint density at radius 3 is 2.61 bits per heavy atom. The second-order valence-electron chi connectivity index (χ2n) is 5.44. The highest BCUT2D eigenvalue weighted by Crippen LogP contribution is 2.19. The van der Waals surface area contributed by atoms with Gasteiger partial charge in [-0.05, 0) is 19.2 Å². The minimum absolute atomic E-state index is 0.0363. The van der Waals surface area contributed by atoms with E-state index in [9.17, 15) is 10.1 Å². The number of nitrogens with one attached hydrogen (secondary N) is 1. The van der Waals surface area contributed by atoms with E-state index < -0.39 is 4.92 Å². The number of hydrogen-bond donors (Lipinski definition) is 1. The highest BCUT2D eigenvalue weighted by molar-refractivity contribution is 5.56. The first-order chi connectivity index (χ1) is 11.1. The predicted octanol–water partition coefficient (Wildman–Crippen LogP) is 0.897. The Bertz CT molecular complexity index is 663. The van der Waals surface area contributed by atoms with Gasteiger partial charge in [0.15, 0.2) is 0 Å². The van der Waals surface area contributed by atoms with Crippen molar-refractivity contribution in [2.24, 2.45) is 0 Å². The second kappa shape index (κ2) is 6.82. The van der Waals surface area contributed by atoms with Gasteiger partial charge in [-0.2, -0.15) is 4.98 Å². The molecular formula is C14H18N6O3. The van der Waals surface area contributed by atoms with Crippen LogP contribution in [0.25, 0.3) is 11.4 Å². The molecular weight excluding hydrogens is 300 g/mol. The number of non-ortho nitro benzene ring substituents is 1. The first-order valence-electron chi connectivity index (χ1n) is 7.36. The summed E-state index contributed by atoms with van der Waals surface area (Å²) in [7, 11) is 2.10. The Kier molecular flexibility index (Phi) is 4.60. The van der Waals surface area contributed by atoms with Crippen LogP contribution in [0.2, 0.25) is 0 Å². The monoisotopic (exact) mass is 318 g/mol. The summed E-state index contributed by atoms with van der Waals surface area (Å²) in [6.07, 6.45) is 0. The quantitative estimate of drug-likeness (QED) is 0.641. The zero-order chi connectivity index (χ0) is 16.2. The van der Waals surface area contributed by atoms with Crippen molar-refractivity contribution in [1.29, 1.82) is 0 Å². The Hall–Kier alpha value is -2.36. The number of rotatable bonds is 5. The summed E-state index contributed by atoms with van der Waals surface area (Å²) < 4.78 is 5.21. The Labute approximate surface area is 133 Å². The third-order valence-corrected chi connectivity index (χ3v) is 3.76. The van der Waals surface area contributed by atoms with Gasteiger partial charge < -0.3 is 9.42 Å². The molecule has 1 N–H and O–H groups in total. The maximum atomic E-state index is 10.6. The van der Waals surface area contributed by atoms with Crippen LogP contribution >= 0.6 is 0 Å². The second-order valence-corrected chi connectivity index (χ2v) is 5.44. The van der Waals surface area contributed by atoms with Crippen molar-refractivity contribution in [2.45, 2.75) is 6.54 Å². The van der Waals surface area contributed by atoms with Crippen molar-refractivity contribution in [1.82, 2.24) is 25.5 Å². The van der Waals surface area contributed by atoms with E-state index in [1.54, 1.807) is 12.1 Å². The average Bonchev–Trinajstić information content (AvgIpc) is 3.03. The third kappa shape index (κ3) is 3.89. The van der Waals surface area contributed by atoms with Crippen LogP contribution in [0.1, 0.15) is 5.89 Å². The molecule has 1 aliphatic rings. The molecule has 1 saturated heterocycles. The summed E-state index contributed by atoms with van der Waals surface area (Å²) in [5, 5.41) is 16.7. The van der Waals surface area contributed by atoms with Gasteiger partial charge in [-0.1, -0.05) is 5.16 Å². The van der Waals surface area contributed by atoms with Gasteiger partial charge in [0.25, 0.3) is 5.69 Å². The van der Waals surface area contributed by atoms with Crippen LogP contribution in [0.5, 0.6) is 0 Å². The Morgan fingerprint density at radius 1 is 1.26 bits per heavy atom. The van der Waals surface area contributed by atoms with E-state index in [0.29, 0.717) is 23.8 Å². The molecule has 0 spiro atoms. The Morgan fingerprint density at radius 2 is 1.96 bits per heavy atom. The summed E-state index contributed by atoms with van der Waals surface area (Å²) in [6, 6.07) is 6.07. The molecule has 3 rings (SSSR count). The average molecular weight is 318 g/mol. The number of hydrogen-bond acceptors (Lipinski definition) is 8. The molecule has 2 aromatic rings. The molecule has 9 heteroatoms. The molecule has 2 heterocycles. The predicted molar refractivity (Wildman–Crippen MR) is 82.3 cm³/mol. The summed E-state index contributed by atoms with van der Waals surface area (Å²) in [6.45, 7) is 4.39. The molecule has 1 aromatic heterocycles. The summed E-state index contributed by atoms with van der Waals surface area (Å²) in [5.74, 6) is 0.910. The van der Waals surface area contributed by atoms with E-state index in [4.69, 9.17) is 4.52 Å². The van der Waals surface area contributed by atoms with Crippen LogP contribution in [0.4, 0.5) is 5.69 Å². The molecule has 0 radical (unpaired) electrons. The van der Waals surface area contributed by atoms with Crippen molar-refractivity contribution in [3.8, 4) is 11.4 Å². The number of benzene rings is 1. The smallest absolute Gasteiger partial charge is 0.269 e. The van der Waals surface area contributed by atoms with Gasteiger partial charge in [-0.15, -0.1) is 0 Å². The molecule has 0 bridgehead atoms. The van der Waals surface area contributed by atoms with Crippen LogP contribution in [0.3, 0.4) is 0 Å². The van der Waals surface area contributed by atoms with Crippen molar-refractivity contribution in [2.75, 3.05) is 33.2 Å². The van der Waals surface area contributed by atoms with Gasteiger partial charge in [0.2, 0.25) is 11.7 Å². The SMILES string of the molecule is CN1CCN(NCc2nc(-c3ccc([N+](=O)[O-])cc3)no2)CC1. The van der Waals surface area contributed by atoms with Gasteiger partial charge in [-0.3, -0.25) is 10.1 Å². The highest BCUT2D eigenvalue weighted by atomic mass is 16.6. The van der Waals surface area contributed by atoms with Crippen LogP contribution in [0, 0.1) is 10.1 Å². The van der Waals surface area contributed by atoms with Crippen molar-refractivity contribution in [3.05, 3.63) is 40.3 Å². The van der Waals surface area contributed by atoms with Crippen LogP contribution in [-0.2, 0) is 6.54 Å². The minimum Gasteiger partial charge on any atom is -0.337 e. The van der Waals surface area contributed by atoms with E-state index in [2.05, 4.69) is 32.5 Å². The zero-order valence-electron chi connectivity index (χ0n) is 12.8. The summed E-state index contributed by atoms with van der Waals surface area (Å²) >= 11 is 0. The first kappa shape index (κ1) is 15.5. The molecule has 1 aromatic carbocycles. The van der Waals surface area contributed by atoms with Gasteiger partial charge in [0.1, 0.15) is 0 Å². The van der Waals surface area contributed by atoms with Crippen molar-refractivity contribution in [3.63, 3.8) is 0 Å².